The van der Waals surface area contributed by atoms with Crippen molar-refractivity contribution in [3.63, 3.8) is 0 Å². The molecule has 0 spiro atoms. The first kappa shape index (κ1) is 17.7. The Morgan fingerprint density at radius 1 is 1.09 bits per heavy atom. The smallest absolute Gasteiger partial charge is 0.320 e. The van der Waals surface area contributed by atoms with Crippen LogP contribution in [0, 0.1) is 0 Å². The average molecular weight is 325 g/mol. The molecule has 2 fully saturated rings. The summed E-state index contributed by atoms with van der Waals surface area (Å²) in [5.41, 5.74) is 0. The van der Waals surface area contributed by atoms with Crippen LogP contribution in [0.3, 0.4) is 0 Å². The van der Waals surface area contributed by atoms with E-state index < -0.39 is 18.1 Å². The first-order chi connectivity index (χ1) is 11.0. The van der Waals surface area contributed by atoms with Crippen LogP contribution in [-0.4, -0.2) is 71.0 Å². The molecule has 0 saturated carbocycles. The topological polar surface area (TPSA) is 90.0 Å². The second-order valence-corrected chi connectivity index (χ2v) is 6.50. The van der Waals surface area contributed by atoms with Crippen molar-refractivity contribution in [3.8, 4) is 0 Å². The second kappa shape index (κ2) is 8.29. The normalized spacial score (nSPS) is 24.0. The van der Waals surface area contributed by atoms with Crippen LogP contribution in [0.4, 0.5) is 0 Å². The molecule has 0 aliphatic carbocycles. The molecule has 2 amide bonds. The van der Waals surface area contributed by atoms with Crippen LogP contribution in [0.2, 0.25) is 0 Å². The van der Waals surface area contributed by atoms with Crippen LogP contribution < -0.4 is 5.32 Å². The number of likely N-dealkylation sites (tertiary alicyclic amines) is 2. The van der Waals surface area contributed by atoms with Gasteiger partial charge in [0, 0.05) is 13.1 Å². The third kappa shape index (κ3) is 4.92. The monoisotopic (exact) mass is 325 g/mol. The fourth-order valence-corrected chi connectivity index (χ4v) is 3.38. The molecule has 2 heterocycles. The molecule has 2 N–H and O–H groups in total. The number of carboxylic acid groups (broad SMARTS) is 1. The molecule has 0 radical (unpaired) electrons. The molecule has 130 valence electrons. The van der Waals surface area contributed by atoms with Crippen LogP contribution in [0.15, 0.2) is 0 Å². The van der Waals surface area contributed by atoms with Gasteiger partial charge in [0.1, 0.15) is 12.1 Å². The molecule has 2 aliphatic rings. The molecule has 7 nitrogen and oxygen atoms in total. The quantitative estimate of drug-likeness (QED) is 0.766. The van der Waals surface area contributed by atoms with Gasteiger partial charge in [0.2, 0.25) is 11.8 Å². The summed E-state index contributed by atoms with van der Waals surface area (Å²) >= 11 is 0. The average Bonchev–Trinajstić information content (AvgIpc) is 2.55. The van der Waals surface area contributed by atoms with Crippen LogP contribution in [0.5, 0.6) is 0 Å². The van der Waals surface area contributed by atoms with Crippen molar-refractivity contribution in [1.82, 2.24) is 15.1 Å². The Morgan fingerprint density at radius 3 is 2.39 bits per heavy atom. The fraction of sp³-hybridized carbons (Fsp3) is 0.812. The molecule has 7 heteroatoms. The minimum atomic E-state index is -0.880. The van der Waals surface area contributed by atoms with Crippen LogP contribution >= 0.6 is 0 Å². The number of amides is 2. The summed E-state index contributed by atoms with van der Waals surface area (Å²) in [7, 11) is 0. The minimum absolute atomic E-state index is 0.0363. The van der Waals surface area contributed by atoms with Gasteiger partial charge in [0.25, 0.3) is 0 Å². The van der Waals surface area contributed by atoms with Gasteiger partial charge in [0.15, 0.2) is 0 Å². The number of carboxylic acids is 1. The van der Waals surface area contributed by atoms with E-state index in [2.05, 4.69) is 5.32 Å². The van der Waals surface area contributed by atoms with E-state index in [9.17, 15) is 19.5 Å². The van der Waals surface area contributed by atoms with E-state index in [4.69, 9.17) is 0 Å². The maximum atomic E-state index is 12.3. The Balaban J connectivity index is 1.83. The SMILES string of the molecule is CC(NC(=O)CN1CCCCC1C(=O)O)C(=O)N1CCCCC1. The lowest BCUT2D eigenvalue weighted by molar-refractivity contribution is -0.145. The number of rotatable bonds is 5. The largest absolute Gasteiger partial charge is 0.480 e. The van der Waals surface area contributed by atoms with Crippen molar-refractivity contribution < 1.29 is 19.5 Å². The maximum absolute atomic E-state index is 12.3. The van der Waals surface area contributed by atoms with Crippen molar-refractivity contribution in [1.29, 1.82) is 0 Å². The van der Waals surface area contributed by atoms with Gasteiger partial charge in [-0.15, -0.1) is 0 Å². The van der Waals surface area contributed by atoms with Crippen molar-refractivity contribution in [2.24, 2.45) is 0 Å². The van der Waals surface area contributed by atoms with E-state index in [1.54, 1.807) is 16.7 Å². The Morgan fingerprint density at radius 2 is 1.74 bits per heavy atom. The van der Waals surface area contributed by atoms with Gasteiger partial charge < -0.3 is 15.3 Å². The number of carbonyl (C=O) groups is 3. The van der Waals surface area contributed by atoms with Gasteiger partial charge >= 0.3 is 5.97 Å². The predicted molar refractivity (Wildman–Crippen MR) is 84.9 cm³/mol. The van der Waals surface area contributed by atoms with E-state index in [0.29, 0.717) is 13.0 Å². The Labute approximate surface area is 137 Å². The number of hydrogen-bond donors (Lipinski definition) is 2. The highest BCUT2D eigenvalue weighted by Gasteiger charge is 2.30. The van der Waals surface area contributed by atoms with Gasteiger partial charge in [-0.3, -0.25) is 19.3 Å². The molecule has 0 aromatic rings. The van der Waals surface area contributed by atoms with Crippen molar-refractivity contribution >= 4 is 17.8 Å². The number of nitrogens with one attached hydrogen (secondary N) is 1. The summed E-state index contributed by atoms with van der Waals surface area (Å²) in [5.74, 6) is -1.21. The van der Waals surface area contributed by atoms with Crippen LogP contribution in [0.1, 0.15) is 45.4 Å². The summed E-state index contributed by atoms with van der Waals surface area (Å²) in [4.78, 5) is 39.2. The highest BCUT2D eigenvalue weighted by atomic mass is 16.4. The van der Waals surface area contributed by atoms with Crippen molar-refractivity contribution in [2.45, 2.75) is 57.5 Å². The van der Waals surface area contributed by atoms with Gasteiger partial charge in [0.05, 0.1) is 6.54 Å². The molecule has 0 aromatic carbocycles. The molecule has 0 bridgehead atoms. The highest BCUT2D eigenvalue weighted by Crippen LogP contribution is 2.16. The molecule has 2 unspecified atom stereocenters. The molecule has 2 atom stereocenters. The van der Waals surface area contributed by atoms with E-state index in [1.807, 2.05) is 0 Å². The predicted octanol–water partition coefficient (Wildman–Crippen LogP) is 0.443. The molecular weight excluding hydrogens is 298 g/mol. The number of hydrogen-bond acceptors (Lipinski definition) is 4. The van der Waals surface area contributed by atoms with Crippen LogP contribution in [-0.2, 0) is 14.4 Å². The van der Waals surface area contributed by atoms with E-state index in [1.165, 1.54) is 0 Å². The van der Waals surface area contributed by atoms with Gasteiger partial charge in [-0.2, -0.15) is 0 Å². The van der Waals surface area contributed by atoms with E-state index in [-0.39, 0.29) is 18.4 Å². The highest BCUT2D eigenvalue weighted by molar-refractivity contribution is 5.88. The number of carbonyl (C=O) groups excluding carboxylic acids is 2. The third-order valence-corrected chi connectivity index (χ3v) is 4.66. The third-order valence-electron chi connectivity index (χ3n) is 4.66. The Bertz CT molecular complexity index is 449. The Kier molecular flexibility index (Phi) is 6.38. The zero-order valence-electron chi connectivity index (χ0n) is 13.8. The molecular formula is C16H27N3O4. The molecule has 0 aromatic heterocycles. The van der Waals surface area contributed by atoms with Gasteiger partial charge in [-0.1, -0.05) is 6.42 Å². The van der Waals surface area contributed by atoms with Crippen molar-refractivity contribution in [2.75, 3.05) is 26.2 Å². The molecule has 2 saturated heterocycles. The number of nitrogens with zero attached hydrogens (tertiary/aromatic N) is 2. The zero-order chi connectivity index (χ0) is 16.8. The molecule has 2 aliphatic heterocycles. The first-order valence-electron chi connectivity index (χ1n) is 8.54. The lowest BCUT2D eigenvalue weighted by atomic mass is 10.0. The lowest BCUT2D eigenvalue weighted by Gasteiger charge is -2.33. The fourth-order valence-electron chi connectivity index (χ4n) is 3.38. The first-order valence-corrected chi connectivity index (χ1v) is 8.54. The number of piperidine rings is 2. The summed E-state index contributed by atoms with van der Waals surface area (Å²) in [6, 6.07) is -1.16. The Hall–Kier alpha value is -1.63. The molecule has 23 heavy (non-hydrogen) atoms. The van der Waals surface area contributed by atoms with E-state index in [0.717, 1.165) is 45.2 Å². The van der Waals surface area contributed by atoms with Crippen molar-refractivity contribution in [3.05, 3.63) is 0 Å². The van der Waals surface area contributed by atoms with E-state index >= 15 is 0 Å². The van der Waals surface area contributed by atoms with Gasteiger partial charge in [-0.05, 0) is 45.6 Å². The summed E-state index contributed by atoms with van der Waals surface area (Å²) in [6.45, 7) is 3.85. The minimum Gasteiger partial charge on any atom is -0.480 e. The summed E-state index contributed by atoms with van der Waals surface area (Å²) in [6.07, 6.45) is 5.53. The van der Waals surface area contributed by atoms with Crippen LogP contribution in [0.25, 0.3) is 0 Å². The summed E-state index contributed by atoms with van der Waals surface area (Å²) in [5, 5.41) is 11.9. The standard InChI is InChI=1S/C16H27N3O4/c1-12(15(21)18-8-4-2-5-9-18)17-14(20)11-19-10-6-3-7-13(19)16(22)23/h12-13H,2-11H2,1H3,(H,17,20)(H,22,23). The lowest BCUT2D eigenvalue weighted by Crippen LogP contribution is -2.53. The molecule has 2 rings (SSSR count). The second-order valence-electron chi connectivity index (χ2n) is 6.50. The van der Waals surface area contributed by atoms with Gasteiger partial charge in [-0.25, -0.2) is 0 Å². The number of aliphatic carboxylic acids is 1. The maximum Gasteiger partial charge on any atom is 0.320 e. The zero-order valence-corrected chi connectivity index (χ0v) is 13.8. The summed E-state index contributed by atoms with van der Waals surface area (Å²) < 4.78 is 0.